The third-order valence-corrected chi connectivity index (χ3v) is 5.39. The summed E-state index contributed by atoms with van der Waals surface area (Å²) in [5.74, 6) is 5.72. The van der Waals surface area contributed by atoms with Gasteiger partial charge in [0, 0.05) is 19.2 Å². The summed E-state index contributed by atoms with van der Waals surface area (Å²) in [6.45, 7) is 0.744. The normalized spacial score (nSPS) is 15.1. The fourth-order valence-electron chi connectivity index (χ4n) is 1.81. The van der Waals surface area contributed by atoms with Gasteiger partial charge in [0.1, 0.15) is 0 Å². The summed E-state index contributed by atoms with van der Waals surface area (Å²) in [6, 6.07) is 7.57. The molecule has 0 aliphatic heterocycles. The minimum Gasteiger partial charge on any atom is -0.320 e. The van der Waals surface area contributed by atoms with Crippen molar-refractivity contribution < 1.29 is 8.42 Å². The van der Waals surface area contributed by atoms with Crippen LogP contribution in [0.25, 0.3) is 0 Å². The van der Waals surface area contributed by atoms with E-state index in [9.17, 15) is 8.42 Å². The first kappa shape index (κ1) is 14.1. The van der Waals surface area contributed by atoms with Gasteiger partial charge in [-0.1, -0.05) is 24.0 Å². The van der Waals surface area contributed by atoms with Gasteiger partial charge in [-0.05, 0) is 30.5 Å². The second kappa shape index (κ2) is 5.74. The van der Waals surface area contributed by atoms with Crippen molar-refractivity contribution in [2.45, 2.75) is 24.6 Å². The average molecular weight is 278 g/mol. The van der Waals surface area contributed by atoms with Gasteiger partial charge in [0.25, 0.3) is 0 Å². The van der Waals surface area contributed by atoms with Crippen LogP contribution in [0.2, 0.25) is 0 Å². The molecule has 0 amide bonds. The number of hydrogen-bond acceptors (Lipinski definition) is 3. The minimum absolute atomic E-state index is 0.160. The van der Waals surface area contributed by atoms with Crippen molar-refractivity contribution in [3.05, 3.63) is 35.4 Å². The lowest BCUT2D eigenvalue weighted by Gasteiger charge is -2.16. The van der Waals surface area contributed by atoms with Crippen LogP contribution in [0.3, 0.4) is 0 Å². The number of benzene rings is 1. The van der Waals surface area contributed by atoms with Crippen LogP contribution in [-0.2, 0) is 16.6 Å². The molecule has 19 heavy (non-hydrogen) atoms. The van der Waals surface area contributed by atoms with E-state index >= 15 is 0 Å². The Hall–Kier alpha value is -1.35. The van der Waals surface area contributed by atoms with Crippen LogP contribution in [0.4, 0.5) is 0 Å². The quantitative estimate of drug-likeness (QED) is 0.833. The highest BCUT2D eigenvalue weighted by molar-refractivity contribution is 7.90. The number of nitrogens with two attached hydrogens (primary N) is 1. The average Bonchev–Trinajstić information content (AvgIpc) is 3.22. The molecule has 1 aliphatic carbocycles. The Balaban J connectivity index is 2.03. The molecule has 0 saturated heterocycles. The topological polar surface area (TPSA) is 63.4 Å². The van der Waals surface area contributed by atoms with Gasteiger partial charge in [-0.15, -0.1) is 0 Å². The molecule has 0 radical (unpaired) electrons. The zero-order valence-corrected chi connectivity index (χ0v) is 11.8. The lowest BCUT2D eigenvalue weighted by Crippen LogP contribution is -2.29. The van der Waals surface area contributed by atoms with Crippen molar-refractivity contribution in [1.82, 2.24) is 4.31 Å². The molecular formula is C14H18N2O2S. The van der Waals surface area contributed by atoms with Crippen LogP contribution >= 0.6 is 0 Å². The molecule has 0 aromatic heterocycles. The zero-order valence-electron chi connectivity index (χ0n) is 11.0. The first-order valence-corrected chi connectivity index (χ1v) is 7.77. The van der Waals surface area contributed by atoms with E-state index in [4.69, 9.17) is 5.73 Å². The molecule has 1 saturated carbocycles. The van der Waals surface area contributed by atoms with Crippen LogP contribution in [-0.4, -0.2) is 31.6 Å². The van der Waals surface area contributed by atoms with Gasteiger partial charge in [-0.25, -0.2) is 12.7 Å². The summed E-state index contributed by atoms with van der Waals surface area (Å²) < 4.78 is 25.4. The van der Waals surface area contributed by atoms with Gasteiger partial charge < -0.3 is 5.73 Å². The van der Waals surface area contributed by atoms with Crippen molar-refractivity contribution in [3.63, 3.8) is 0 Å². The van der Waals surface area contributed by atoms with Gasteiger partial charge in [-0.3, -0.25) is 0 Å². The zero-order chi connectivity index (χ0) is 13.9. The summed E-state index contributed by atoms with van der Waals surface area (Å²) in [7, 11) is -1.46. The Morgan fingerprint density at radius 2 is 1.95 bits per heavy atom. The summed E-state index contributed by atoms with van der Waals surface area (Å²) in [5, 5.41) is -0.160. The van der Waals surface area contributed by atoms with Gasteiger partial charge in [-0.2, -0.15) is 0 Å². The molecule has 2 N–H and O–H groups in total. The van der Waals surface area contributed by atoms with Crippen LogP contribution in [0, 0.1) is 11.8 Å². The number of hydrogen-bond donors (Lipinski definition) is 1. The SMILES string of the molecule is CN(Cc1ccc(C#CCN)cc1)S(=O)(=O)C1CC1. The van der Waals surface area contributed by atoms with E-state index in [0.717, 1.165) is 24.0 Å². The van der Waals surface area contributed by atoms with Crippen molar-refractivity contribution in [1.29, 1.82) is 0 Å². The molecule has 0 bridgehead atoms. The van der Waals surface area contributed by atoms with Crippen molar-refractivity contribution >= 4 is 10.0 Å². The minimum atomic E-state index is -3.10. The highest BCUT2D eigenvalue weighted by Crippen LogP contribution is 2.30. The standard InChI is InChI=1S/C14H18N2O2S/c1-16(19(17,18)14-8-9-14)11-13-6-4-12(5-7-13)3-2-10-15/h4-7,14H,8-11,15H2,1H3. The van der Waals surface area contributed by atoms with Gasteiger partial charge in [0.05, 0.1) is 11.8 Å². The lowest BCUT2D eigenvalue weighted by molar-refractivity contribution is 0.465. The molecule has 4 nitrogen and oxygen atoms in total. The number of nitrogens with zero attached hydrogens (tertiary/aromatic N) is 1. The fraction of sp³-hybridized carbons (Fsp3) is 0.429. The molecule has 0 heterocycles. The first-order valence-electron chi connectivity index (χ1n) is 6.27. The molecule has 1 aromatic rings. The van der Waals surface area contributed by atoms with Crippen molar-refractivity contribution in [3.8, 4) is 11.8 Å². The molecular weight excluding hydrogens is 260 g/mol. The van der Waals surface area contributed by atoms with E-state index in [0.29, 0.717) is 13.1 Å². The summed E-state index contributed by atoms with van der Waals surface area (Å²) >= 11 is 0. The number of sulfonamides is 1. The van der Waals surface area contributed by atoms with E-state index in [1.165, 1.54) is 4.31 Å². The molecule has 2 rings (SSSR count). The third kappa shape index (κ3) is 3.57. The molecule has 1 fully saturated rings. The van der Waals surface area contributed by atoms with E-state index < -0.39 is 10.0 Å². The molecule has 1 aliphatic rings. The highest BCUT2D eigenvalue weighted by Gasteiger charge is 2.38. The maximum Gasteiger partial charge on any atom is 0.217 e. The predicted octanol–water partition coefficient (Wildman–Crippen LogP) is 0.921. The molecule has 0 spiro atoms. The highest BCUT2D eigenvalue weighted by atomic mass is 32.2. The first-order chi connectivity index (χ1) is 9.04. The second-order valence-electron chi connectivity index (χ2n) is 4.70. The number of rotatable bonds is 4. The van der Waals surface area contributed by atoms with E-state index in [1.54, 1.807) is 7.05 Å². The lowest BCUT2D eigenvalue weighted by atomic mass is 10.1. The second-order valence-corrected chi connectivity index (χ2v) is 7.02. The van der Waals surface area contributed by atoms with Crippen molar-refractivity contribution in [2.24, 2.45) is 5.73 Å². The molecule has 102 valence electrons. The van der Waals surface area contributed by atoms with E-state index in [2.05, 4.69) is 11.8 Å². The maximum atomic E-state index is 12.0. The monoisotopic (exact) mass is 278 g/mol. The van der Waals surface area contributed by atoms with E-state index in [-0.39, 0.29) is 5.25 Å². The maximum absolute atomic E-state index is 12.0. The summed E-state index contributed by atoms with van der Waals surface area (Å²) in [6.07, 6.45) is 1.58. The molecule has 0 unspecified atom stereocenters. The summed E-state index contributed by atoms with van der Waals surface area (Å²) in [5.41, 5.74) is 7.16. The van der Waals surface area contributed by atoms with Gasteiger partial charge >= 0.3 is 0 Å². The molecule has 0 atom stereocenters. The van der Waals surface area contributed by atoms with Gasteiger partial charge in [0.15, 0.2) is 0 Å². The van der Waals surface area contributed by atoms with Crippen LogP contribution in [0.15, 0.2) is 24.3 Å². The predicted molar refractivity (Wildman–Crippen MR) is 75.8 cm³/mol. The Labute approximate surface area is 114 Å². The fourth-order valence-corrected chi connectivity index (χ4v) is 3.38. The van der Waals surface area contributed by atoms with Crippen LogP contribution < -0.4 is 5.73 Å². The Morgan fingerprint density at radius 3 is 2.47 bits per heavy atom. The smallest absolute Gasteiger partial charge is 0.217 e. The Kier molecular flexibility index (Phi) is 4.25. The molecule has 1 aromatic carbocycles. The third-order valence-electron chi connectivity index (χ3n) is 3.07. The largest absolute Gasteiger partial charge is 0.320 e. The Bertz CT molecular complexity index is 593. The van der Waals surface area contributed by atoms with Crippen LogP contribution in [0.1, 0.15) is 24.0 Å². The van der Waals surface area contributed by atoms with E-state index in [1.807, 2.05) is 24.3 Å². The van der Waals surface area contributed by atoms with Crippen LogP contribution in [0.5, 0.6) is 0 Å². The summed E-state index contributed by atoms with van der Waals surface area (Å²) in [4.78, 5) is 0. The molecule has 5 heteroatoms. The van der Waals surface area contributed by atoms with Crippen molar-refractivity contribution in [2.75, 3.05) is 13.6 Å². The Morgan fingerprint density at radius 1 is 1.32 bits per heavy atom. The van der Waals surface area contributed by atoms with Gasteiger partial charge in [0.2, 0.25) is 10.0 Å².